The zero-order valence-corrected chi connectivity index (χ0v) is 84.7. The van der Waals surface area contributed by atoms with Crippen LogP contribution < -0.4 is 49.4 Å². The fourth-order valence-electron chi connectivity index (χ4n) is 22.1. The Morgan fingerprint density at radius 1 is 0.318 bits per heavy atom. The molecule has 15 aromatic rings. The molecule has 10 aromatic heterocycles. The van der Waals surface area contributed by atoms with Crippen LogP contribution in [0, 0.1) is 58.3 Å². The highest BCUT2D eigenvalue weighted by atomic mass is 19.2. The van der Waals surface area contributed by atoms with Gasteiger partial charge in [-0.25, -0.2) is 84.4 Å². The number of imidazole rings is 4. The lowest BCUT2D eigenvalue weighted by Gasteiger charge is -2.38. The SMILES string of the molecule is C=C1Cc2ccc(N3CCCN(C)CC3)nc2-n2c1nc1cc(F)c(F)cc12.C=C1c2cc3cc(F)ccc3n2-c2nc(N3C[C@@H](C)N[C@@H](C)C3)ccc2N1CC.C=C1c2nc3cc(F)c(F)cc3n2-c2nc(N3CCCN(C)CC3)ccc2N1C.C=C1c2nc3cc(F)c(F)cc3n2-c2nc(N3CCCN(C)CC3)ccc2N1CC.C=C1c2nc3cc(F)c(F)cc3n2-c2nc(N3CCCN(C)CC3)ccc2N1CC1CC1. The third kappa shape index (κ3) is 18.2. The van der Waals surface area contributed by atoms with E-state index in [0.717, 1.165) is 283 Å². The molecule has 37 heteroatoms. The summed E-state index contributed by atoms with van der Waals surface area (Å²) in [4.78, 5) is 72.3. The van der Waals surface area contributed by atoms with Gasteiger partial charge in [-0.05, 0) is 211 Å². The smallest absolute Gasteiger partial charge is 0.165 e. The van der Waals surface area contributed by atoms with Crippen molar-refractivity contribution in [2.45, 2.75) is 84.7 Å². The minimum Gasteiger partial charge on any atom is -0.355 e. The number of allylic oxidation sites excluding steroid dienone is 1. The summed E-state index contributed by atoms with van der Waals surface area (Å²) in [6.45, 7) is 49.3. The minimum atomic E-state index is -0.914. The summed E-state index contributed by atoms with van der Waals surface area (Å²) >= 11 is 0. The minimum absolute atomic E-state index is 0.232. The lowest BCUT2D eigenvalue weighted by molar-refractivity contribution is 0.360. The normalized spacial score (nSPS) is 18.6. The van der Waals surface area contributed by atoms with Crippen molar-refractivity contribution < 1.29 is 39.5 Å². The summed E-state index contributed by atoms with van der Waals surface area (Å²) in [6, 6.07) is 37.7. The second kappa shape index (κ2) is 39.5. The number of aromatic nitrogens is 14. The first-order chi connectivity index (χ1) is 71.4. The van der Waals surface area contributed by atoms with Crippen molar-refractivity contribution in [1.29, 1.82) is 0 Å². The molecule has 1 saturated carbocycles. The summed E-state index contributed by atoms with van der Waals surface area (Å²) in [6.07, 6.45) is 7.32. The number of nitrogens with one attached hydrogen (secondary N) is 1. The Kier molecular flexibility index (Phi) is 26.2. The van der Waals surface area contributed by atoms with Crippen molar-refractivity contribution >= 4 is 135 Å². The molecule has 766 valence electrons. The highest BCUT2D eigenvalue weighted by Gasteiger charge is 2.40. The van der Waals surface area contributed by atoms with Gasteiger partial charge in [0.05, 0.1) is 101 Å². The van der Waals surface area contributed by atoms with Crippen LogP contribution in [-0.2, 0) is 6.42 Å². The van der Waals surface area contributed by atoms with Crippen molar-refractivity contribution in [3.8, 4) is 29.1 Å². The predicted octanol–water partition coefficient (Wildman–Crippen LogP) is 18.5. The molecular weight excluding hydrogens is 1900 g/mol. The first kappa shape index (κ1) is 98.0. The number of benzene rings is 5. The van der Waals surface area contributed by atoms with E-state index in [-0.39, 0.29) is 5.82 Å². The number of piperazine rings is 1. The second-order valence-corrected chi connectivity index (χ2v) is 40.5. The number of hydrogen-bond donors (Lipinski definition) is 1. The highest BCUT2D eigenvalue weighted by molar-refractivity contribution is 5.98. The van der Waals surface area contributed by atoms with Gasteiger partial charge in [-0.2, -0.15) is 0 Å². The summed E-state index contributed by atoms with van der Waals surface area (Å²) in [5, 5.41) is 4.44. The van der Waals surface area contributed by atoms with Crippen molar-refractivity contribution in [2.75, 3.05) is 217 Å². The van der Waals surface area contributed by atoms with Gasteiger partial charge in [0.15, 0.2) is 87.3 Å². The second-order valence-electron chi connectivity index (χ2n) is 40.5. The zero-order valence-electron chi connectivity index (χ0n) is 84.7. The summed E-state index contributed by atoms with van der Waals surface area (Å²) in [7, 11) is 10.4. The number of rotatable bonds is 9. The first-order valence-corrected chi connectivity index (χ1v) is 51.0. The topological polar surface area (TPSA) is 195 Å². The molecule has 0 radical (unpaired) electrons. The van der Waals surface area contributed by atoms with Crippen LogP contribution >= 0.6 is 0 Å². The maximum atomic E-state index is 14.2. The zero-order chi connectivity index (χ0) is 103. The molecule has 6 fully saturated rings. The summed E-state index contributed by atoms with van der Waals surface area (Å²) in [5.74, 6) is 3.66. The van der Waals surface area contributed by atoms with Gasteiger partial charge in [-0.1, -0.05) is 39.0 Å². The van der Waals surface area contributed by atoms with Crippen LogP contribution in [0.15, 0.2) is 166 Å². The van der Waals surface area contributed by atoms with Crippen LogP contribution in [0.4, 0.5) is 91.4 Å². The number of halogens is 9. The van der Waals surface area contributed by atoms with E-state index in [4.69, 9.17) is 24.9 Å². The Hall–Kier alpha value is -14.7. The van der Waals surface area contributed by atoms with Gasteiger partial charge in [0.2, 0.25) is 0 Å². The molecule has 20 heterocycles. The maximum absolute atomic E-state index is 14.2. The van der Waals surface area contributed by atoms with Gasteiger partial charge in [-0.15, -0.1) is 0 Å². The number of anilines is 9. The molecule has 10 aliphatic heterocycles. The molecule has 0 bridgehead atoms. The molecule has 28 nitrogen and oxygen atoms in total. The molecule has 11 aliphatic rings. The predicted molar refractivity (Wildman–Crippen MR) is 571 cm³/mol. The summed E-state index contributed by atoms with van der Waals surface area (Å²) in [5.41, 5.74) is 14.0. The molecule has 0 spiro atoms. The molecule has 0 unspecified atom stereocenters. The van der Waals surface area contributed by atoms with E-state index in [9.17, 15) is 39.5 Å². The molecule has 5 aromatic carbocycles. The lowest BCUT2D eigenvalue weighted by Crippen LogP contribution is -2.54. The van der Waals surface area contributed by atoms with E-state index in [0.29, 0.717) is 127 Å². The fourth-order valence-corrected chi connectivity index (χ4v) is 22.1. The van der Waals surface area contributed by atoms with Crippen LogP contribution in [-0.4, -0.2) is 272 Å². The monoisotopic (exact) mass is 2020 g/mol. The van der Waals surface area contributed by atoms with E-state index in [2.05, 4.69) is 196 Å². The van der Waals surface area contributed by atoms with Gasteiger partial charge >= 0.3 is 0 Å². The lowest BCUT2D eigenvalue weighted by atomic mass is 10.0. The van der Waals surface area contributed by atoms with Gasteiger partial charge in [0.25, 0.3) is 0 Å². The van der Waals surface area contributed by atoms with Gasteiger partial charge < -0.3 is 69.0 Å². The third-order valence-electron chi connectivity index (χ3n) is 30.1. The van der Waals surface area contributed by atoms with Gasteiger partial charge in [0, 0.05) is 196 Å². The number of hydrogen-bond acceptors (Lipinski definition) is 23. The number of fused-ring (bicyclic) bond motifs is 25. The average molecular weight is 2020 g/mol. The molecular formula is C111H119F9N28. The quantitative estimate of drug-likeness (QED) is 0.134. The van der Waals surface area contributed by atoms with Gasteiger partial charge in [-0.3, -0.25) is 22.8 Å². The number of likely N-dealkylation sites (N-methyl/N-ethyl adjacent to an activating group) is 4. The first-order valence-electron chi connectivity index (χ1n) is 51.0. The summed E-state index contributed by atoms with van der Waals surface area (Å²) < 4.78 is 135. The van der Waals surface area contributed by atoms with Crippen molar-refractivity contribution in [2.24, 2.45) is 5.92 Å². The molecule has 5 saturated heterocycles. The standard InChI is InChI=1S/C24H26F2N6.C23H26FN5.C22H24F2N6.C21H22F2N6.C21H21F2N5/c1-15-23-27-19-12-17(25)18(26)13-21(19)32(23)24-20(31(15)14-16-4-5-16)6-7-22(28-24)30-9-3-8-29(2)10-11-30;1-5-28-16(4)21-11-17-10-18(24)6-7-19(17)29(21)23-20(28)8-9-22(26-23)27-12-14(2)25-15(3)13-27;1-4-29-14(2)21-25-17-12-15(23)16(24)13-19(17)30(21)22-18(29)6-7-20(26-22)28-9-5-8-27(3)10-11-28;1-13-20-24-16-11-14(22)15(23)12-18(16)29(20)21-17(27(13)3)5-6-19(25-21)28-8-4-7-26(2)9-10-28;1-13-10-14-4-5-19(27-7-3-6-26(2)8-9-27)25-21(14)28-18-12-16(23)15(22)11-17(18)24-20(13)28/h6-7,12-13,16H,1,3-5,8-11,14H2,2H3;6-11,14-15,25H,4-5,12-13H2,1-3H3;6-7,12-13H,2,4-5,8-11H2,1,3H3;5-6,11-12H,1,4,7-10H2,2-3H3;4-5,11-12H,1,3,6-10H2,2H3/t;14-,15+;;;. The molecule has 1 aliphatic carbocycles. The Bertz CT molecular complexity index is 7840. The highest BCUT2D eigenvalue weighted by Crippen LogP contribution is 2.48. The maximum Gasteiger partial charge on any atom is 0.165 e. The average Bonchev–Trinajstić information content (AvgIpc) is 1.57. The van der Waals surface area contributed by atoms with Crippen molar-refractivity contribution in [3.63, 3.8) is 0 Å². The largest absolute Gasteiger partial charge is 0.355 e. The molecule has 0 amide bonds. The molecule has 26 rings (SSSR count). The van der Waals surface area contributed by atoms with Crippen LogP contribution in [0.25, 0.3) is 112 Å². The van der Waals surface area contributed by atoms with Gasteiger partial charge in [0.1, 0.15) is 46.5 Å². The number of nitrogens with zero attached hydrogens (tertiary/aromatic N) is 27. The van der Waals surface area contributed by atoms with Crippen LogP contribution in [0.3, 0.4) is 0 Å². The third-order valence-corrected chi connectivity index (χ3v) is 30.1. The van der Waals surface area contributed by atoms with Crippen molar-refractivity contribution in [3.05, 3.63) is 253 Å². The Morgan fingerprint density at radius 2 is 0.662 bits per heavy atom. The van der Waals surface area contributed by atoms with E-state index in [1.807, 2.05) is 75.4 Å². The van der Waals surface area contributed by atoms with E-state index >= 15 is 0 Å². The van der Waals surface area contributed by atoms with Crippen LogP contribution in [0.2, 0.25) is 0 Å². The van der Waals surface area contributed by atoms with E-state index in [1.165, 1.54) is 43.2 Å². The Balaban J connectivity index is 0.000000105. The number of pyridine rings is 5. The molecule has 148 heavy (non-hydrogen) atoms. The van der Waals surface area contributed by atoms with E-state index < -0.39 is 46.5 Å². The van der Waals surface area contributed by atoms with Crippen LogP contribution in [0.1, 0.15) is 101 Å². The molecule has 1 N–H and O–H groups in total. The van der Waals surface area contributed by atoms with Crippen molar-refractivity contribution in [1.82, 2.24) is 92.6 Å². The van der Waals surface area contributed by atoms with E-state index in [1.54, 1.807) is 15.2 Å². The Morgan fingerprint density at radius 3 is 1.08 bits per heavy atom. The fraction of sp³-hybridized carbons (Fsp3) is 0.360. The molecule has 2 atom stereocenters. The Labute approximate surface area is 852 Å². The van der Waals surface area contributed by atoms with Crippen LogP contribution in [0.5, 0.6) is 0 Å².